The van der Waals surface area contributed by atoms with E-state index in [1.807, 2.05) is 13.0 Å². The van der Waals surface area contributed by atoms with E-state index in [0.717, 1.165) is 17.7 Å². The lowest BCUT2D eigenvalue weighted by Crippen LogP contribution is -2.08. The van der Waals surface area contributed by atoms with E-state index in [1.165, 1.54) is 0 Å². The quantitative estimate of drug-likeness (QED) is 0.734. The minimum atomic E-state index is -0.297. The van der Waals surface area contributed by atoms with Crippen molar-refractivity contribution in [3.8, 4) is 0 Å². The van der Waals surface area contributed by atoms with Crippen LogP contribution in [0.5, 0.6) is 0 Å². The van der Waals surface area contributed by atoms with Gasteiger partial charge in [-0.3, -0.25) is 4.98 Å². The fourth-order valence-corrected chi connectivity index (χ4v) is 1.53. The van der Waals surface area contributed by atoms with Gasteiger partial charge in [0.1, 0.15) is 0 Å². The maximum absolute atomic E-state index is 11.5. The summed E-state index contributed by atoms with van der Waals surface area (Å²) in [7, 11) is 0. The minimum Gasteiger partial charge on any atom is -0.462 e. The van der Waals surface area contributed by atoms with Gasteiger partial charge in [-0.2, -0.15) is 0 Å². The van der Waals surface area contributed by atoms with Crippen molar-refractivity contribution in [3.05, 3.63) is 29.1 Å². The molecule has 0 aromatic carbocycles. The van der Waals surface area contributed by atoms with Crippen molar-refractivity contribution in [2.45, 2.75) is 34.1 Å². The summed E-state index contributed by atoms with van der Waals surface area (Å²) in [4.78, 5) is 15.8. The Morgan fingerprint density at radius 3 is 2.69 bits per heavy atom. The molecule has 0 saturated heterocycles. The zero-order chi connectivity index (χ0) is 12.1. The summed E-state index contributed by atoms with van der Waals surface area (Å²) in [5.41, 5.74) is 2.65. The average Bonchev–Trinajstić information content (AvgIpc) is 2.20. The first-order valence-electron chi connectivity index (χ1n) is 5.67. The number of rotatable bonds is 4. The van der Waals surface area contributed by atoms with Gasteiger partial charge in [-0.1, -0.05) is 13.8 Å². The second-order valence-corrected chi connectivity index (χ2v) is 4.31. The largest absolute Gasteiger partial charge is 0.462 e. The van der Waals surface area contributed by atoms with Crippen LogP contribution in [0.25, 0.3) is 0 Å². The van der Waals surface area contributed by atoms with E-state index >= 15 is 0 Å². The Balaban J connectivity index is 2.86. The molecule has 0 aliphatic rings. The summed E-state index contributed by atoms with van der Waals surface area (Å²) < 4.78 is 4.92. The Hall–Kier alpha value is -1.38. The molecule has 0 saturated carbocycles. The van der Waals surface area contributed by atoms with Crippen LogP contribution in [0.4, 0.5) is 0 Å². The van der Waals surface area contributed by atoms with Crippen LogP contribution in [0.1, 0.15) is 42.4 Å². The highest BCUT2D eigenvalue weighted by atomic mass is 16.5. The average molecular weight is 221 g/mol. The van der Waals surface area contributed by atoms with Crippen LogP contribution in [-0.2, 0) is 11.2 Å². The number of carbonyl (C=O) groups excluding carboxylic acids is 1. The van der Waals surface area contributed by atoms with Gasteiger partial charge in [0, 0.05) is 11.9 Å². The van der Waals surface area contributed by atoms with Crippen LogP contribution >= 0.6 is 0 Å². The summed E-state index contributed by atoms with van der Waals surface area (Å²) in [6, 6.07) is 1.85. The Morgan fingerprint density at radius 1 is 1.50 bits per heavy atom. The van der Waals surface area contributed by atoms with Crippen molar-refractivity contribution >= 4 is 5.97 Å². The molecule has 0 spiro atoms. The molecule has 3 nitrogen and oxygen atoms in total. The molecule has 1 aromatic heterocycles. The number of ether oxygens (including phenoxy) is 1. The summed E-state index contributed by atoms with van der Waals surface area (Å²) in [5, 5.41) is 0. The fraction of sp³-hybridized carbons (Fsp3) is 0.538. The van der Waals surface area contributed by atoms with E-state index in [1.54, 1.807) is 13.1 Å². The maximum Gasteiger partial charge on any atom is 0.339 e. The highest BCUT2D eigenvalue weighted by molar-refractivity contribution is 5.89. The van der Waals surface area contributed by atoms with Crippen LogP contribution in [-0.4, -0.2) is 17.6 Å². The summed E-state index contributed by atoms with van der Waals surface area (Å²) >= 11 is 0. The van der Waals surface area contributed by atoms with Crippen LogP contribution in [0.15, 0.2) is 12.3 Å². The molecule has 0 atom stereocenters. The molecular formula is C13H19NO2. The SMILES string of the molecule is CCOC(=O)c1cnc(CC(C)C)c(C)c1. The van der Waals surface area contributed by atoms with Crippen LogP contribution in [0, 0.1) is 12.8 Å². The first-order chi connectivity index (χ1) is 7.54. The Kier molecular flexibility index (Phi) is 4.47. The molecule has 1 aromatic rings. The van der Waals surface area contributed by atoms with Gasteiger partial charge in [0.2, 0.25) is 0 Å². The first-order valence-corrected chi connectivity index (χ1v) is 5.67. The van der Waals surface area contributed by atoms with E-state index in [0.29, 0.717) is 18.1 Å². The molecule has 0 radical (unpaired) electrons. The van der Waals surface area contributed by atoms with Gasteiger partial charge in [0.05, 0.1) is 12.2 Å². The van der Waals surface area contributed by atoms with E-state index < -0.39 is 0 Å². The third-order valence-corrected chi connectivity index (χ3v) is 2.30. The molecule has 0 fully saturated rings. The lowest BCUT2D eigenvalue weighted by Gasteiger charge is -2.09. The molecule has 88 valence electrons. The summed E-state index contributed by atoms with van der Waals surface area (Å²) in [6.07, 6.45) is 2.54. The van der Waals surface area contributed by atoms with Gasteiger partial charge < -0.3 is 4.74 Å². The third-order valence-electron chi connectivity index (χ3n) is 2.30. The Morgan fingerprint density at radius 2 is 2.19 bits per heavy atom. The molecule has 0 bridgehead atoms. The highest BCUT2D eigenvalue weighted by Crippen LogP contribution is 2.13. The van der Waals surface area contributed by atoms with E-state index in [2.05, 4.69) is 18.8 Å². The van der Waals surface area contributed by atoms with Crippen LogP contribution < -0.4 is 0 Å². The van der Waals surface area contributed by atoms with Crippen LogP contribution in [0.3, 0.4) is 0 Å². The smallest absolute Gasteiger partial charge is 0.339 e. The Labute approximate surface area is 96.8 Å². The lowest BCUT2D eigenvalue weighted by molar-refractivity contribution is 0.0525. The molecule has 0 aliphatic heterocycles. The highest BCUT2D eigenvalue weighted by Gasteiger charge is 2.10. The zero-order valence-corrected chi connectivity index (χ0v) is 10.4. The molecule has 0 N–H and O–H groups in total. The maximum atomic E-state index is 11.5. The molecule has 0 unspecified atom stereocenters. The standard InChI is InChI=1S/C13H19NO2/c1-5-16-13(15)11-7-10(4)12(14-8-11)6-9(2)3/h7-9H,5-6H2,1-4H3. The monoisotopic (exact) mass is 221 g/mol. The molecule has 0 aliphatic carbocycles. The number of aryl methyl sites for hydroxylation is 1. The number of aromatic nitrogens is 1. The van der Waals surface area contributed by atoms with Gasteiger partial charge in [-0.25, -0.2) is 4.79 Å². The summed E-state index contributed by atoms with van der Waals surface area (Å²) in [5.74, 6) is 0.272. The van der Waals surface area contributed by atoms with Crippen LogP contribution in [0.2, 0.25) is 0 Å². The normalized spacial score (nSPS) is 10.6. The molecule has 0 amide bonds. The lowest BCUT2D eigenvalue weighted by atomic mass is 10.0. The van der Waals surface area contributed by atoms with Crippen molar-refractivity contribution < 1.29 is 9.53 Å². The predicted octanol–water partition coefficient (Wildman–Crippen LogP) is 2.77. The van der Waals surface area contributed by atoms with Crippen molar-refractivity contribution in [3.63, 3.8) is 0 Å². The number of carbonyl (C=O) groups is 1. The number of hydrogen-bond acceptors (Lipinski definition) is 3. The minimum absolute atomic E-state index is 0.297. The molecular weight excluding hydrogens is 202 g/mol. The van der Waals surface area contributed by atoms with Gasteiger partial charge in [0.25, 0.3) is 0 Å². The fourth-order valence-electron chi connectivity index (χ4n) is 1.53. The number of hydrogen-bond donors (Lipinski definition) is 0. The number of esters is 1. The van der Waals surface area contributed by atoms with E-state index in [4.69, 9.17) is 4.74 Å². The number of pyridine rings is 1. The summed E-state index contributed by atoms with van der Waals surface area (Å²) in [6.45, 7) is 8.48. The molecule has 16 heavy (non-hydrogen) atoms. The van der Waals surface area contributed by atoms with E-state index in [-0.39, 0.29) is 5.97 Å². The molecule has 1 rings (SSSR count). The van der Waals surface area contributed by atoms with Crippen molar-refractivity contribution in [1.29, 1.82) is 0 Å². The molecule has 1 heterocycles. The van der Waals surface area contributed by atoms with Gasteiger partial charge in [-0.15, -0.1) is 0 Å². The van der Waals surface area contributed by atoms with E-state index in [9.17, 15) is 4.79 Å². The second kappa shape index (κ2) is 5.64. The zero-order valence-electron chi connectivity index (χ0n) is 10.4. The first kappa shape index (κ1) is 12.7. The van der Waals surface area contributed by atoms with Crippen molar-refractivity contribution in [2.75, 3.05) is 6.61 Å². The topological polar surface area (TPSA) is 39.2 Å². The van der Waals surface area contributed by atoms with Gasteiger partial charge >= 0.3 is 5.97 Å². The van der Waals surface area contributed by atoms with Crippen molar-refractivity contribution in [1.82, 2.24) is 4.98 Å². The molecule has 3 heteroatoms. The number of nitrogens with zero attached hydrogens (tertiary/aromatic N) is 1. The predicted molar refractivity (Wildman–Crippen MR) is 63.5 cm³/mol. The second-order valence-electron chi connectivity index (χ2n) is 4.31. The Bertz CT molecular complexity index is 372. The van der Waals surface area contributed by atoms with Gasteiger partial charge in [-0.05, 0) is 37.8 Å². The van der Waals surface area contributed by atoms with Gasteiger partial charge in [0.15, 0.2) is 0 Å². The van der Waals surface area contributed by atoms with Crippen molar-refractivity contribution in [2.24, 2.45) is 5.92 Å². The third kappa shape index (κ3) is 3.33.